The van der Waals surface area contributed by atoms with Gasteiger partial charge in [0.2, 0.25) is 0 Å². The molecule has 0 saturated heterocycles. The zero-order valence-electron chi connectivity index (χ0n) is 6.27. The quantitative estimate of drug-likeness (QED) is 0.683. The predicted molar refractivity (Wildman–Crippen MR) is 47.0 cm³/mol. The van der Waals surface area contributed by atoms with Crippen LogP contribution in [0.5, 0.6) is 0 Å². The van der Waals surface area contributed by atoms with Gasteiger partial charge in [0, 0.05) is 10.7 Å². The summed E-state index contributed by atoms with van der Waals surface area (Å²) < 4.78 is 26.9. The van der Waals surface area contributed by atoms with E-state index in [1.54, 1.807) is 12.1 Å². The Morgan fingerprint density at radius 1 is 1.38 bits per heavy atom. The minimum absolute atomic E-state index is 0.0212. The Morgan fingerprint density at radius 2 is 2.15 bits per heavy atom. The molecule has 0 aliphatic rings. The van der Waals surface area contributed by atoms with Crippen molar-refractivity contribution in [3.05, 3.63) is 24.4 Å². The smallest absolute Gasteiger partial charge is 0.262 e. The molecule has 68 valence electrons. The van der Waals surface area contributed by atoms with Gasteiger partial charge in [0.05, 0.1) is 16.5 Å². The number of hydrogen-bond donors (Lipinski definition) is 0. The summed E-state index contributed by atoms with van der Waals surface area (Å²) in [5.41, 5.74) is 0.404. The monoisotopic (exact) mass is 217 g/mol. The Morgan fingerprint density at radius 3 is 2.85 bits per heavy atom. The van der Waals surface area contributed by atoms with E-state index in [-0.39, 0.29) is 4.90 Å². The van der Waals surface area contributed by atoms with E-state index in [9.17, 15) is 8.42 Å². The molecule has 0 radical (unpaired) electrons. The maximum absolute atomic E-state index is 11.0. The lowest BCUT2D eigenvalue weighted by Crippen LogP contribution is -1.89. The van der Waals surface area contributed by atoms with Gasteiger partial charge in [0.25, 0.3) is 9.05 Å². The molecule has 1 aromatic carbocycles. The van der Waals surface area contributed by atoms with Crippen molar-refractivity contribution in [1.82, 2.24) is 5.16 Å². The van der Waals surface area contributed by atoms with Gasteiger partial charge in [-0.2, -0.15) is 0 Å². The zero-order valence-corrected chi connectivity index (χ0v) is 7.84. The number of fused-ring (bicyclic) bond motifs is 1. The van der Waals surface area contributed by atoms with Gasteiger partial charge in [-0.3, -0.25) is 0 Å². The third kappa shape index (κ3) is 1.40. The average Bonchev–Trinajstić information content (AvgIpc) is 2.48. The Labute approximate surface area is 78.5 Å². The molecule has 0 bridgehead atoms. The molecule has 2 aromatic rings. The van der Waals surface area contributed by atoms with Crippen LogP contribution in [0, 0.1) is 0 Å². The summed E-state index contributed by atoms with van der Waals surface area (Å²) in [6.45, 7) is 0. The van der Waals surface area contributed by atoms with Crippen molar-refractivity contribution in [2.75, 3.05) is 0 Å². The van der Waals surface area contributed by atoms with Gasteiger partial charge in [-0.15, -0.1) is 0 Å². The van der Waals surface area contributed by atoms with Crippen LogP contribution in [0.1, 0.15) is 0 Å². The lowest BCUT2D eigenvalue weighted by atomic mass is 10.3. The summed E-state index contributed by atoms with van der Waals surface area (Å²) >= 11 is 0. The lowest BCUT2D eigenvalue weighted by Gasteiger charge is -1.94. The van der Waals surface area contributed by atoms with E-state index in [1.165, 1.54) is 12.3 Å². The van der Waals surface area contributed by atoms with Crippen molar-refractivity contribution >= 4 is 30.7 Å². The van der Waals surface area contributed by atoms with Gasteiger partial charge in [0.1, 0.15) is 0 Å². The Bertz CT molecular complexity index is 546. The van der Waals surface area contributed by atoms with Crippen LogP contribution in [0.4, 0.5) is 0 Å². The first-order valence-corrected chi connectivity index (χ1v) is 5.68. The summed E-state index contributed by atoms with van der Waals surface area (Å²) in [5, 5.41) is 3.88. The minimum atomic E-state index is -3.73. The predicted octanol–water partition coefficient (Wildman–Crippen LogP) is 1.76. The van der Waals surface area contributed by atoms with Crippen molar-refractivity contribution in [2.45, 2.75) is 4.90 Å². The first kappa shape index (κ1) is 8.52. The first-order chi connectivity index (χ1) is 6.09. The second-order valence-corrected chi connectivity index (χ2v) is 4.97. The van der Waals surface area contributed by atoms with Crippen LogP contribution in [-0.2, 0) is 9.05 Å². The first-order valence-electron chi connectivity index (χ1n) is 3.37. The molecule has 6 heteroatoms. The molecule has 0 atom stereocenters. The Balaban J connectivity index is 2.91. The van der Waals surface area contributed by atoms with Gasteiger partial charge in [-0.05, 0) is 12.1 Å². The van der Waals surface area contributed by atoms with E-state index in [4.69, 9.17) is 15.2 Å². The average molecular weight is 218 g/mol. The van der Waals surface area contributed by atoms with Gasteiger partial charge >= 0.3 is 0 Å². The van der Waals surface area contributed by atoms with Gasteiger partial charge < -0.3 is 4.52 Å². The molecule has 0 aliphatic carbocycles. The molecule has 0 amide bonds. The van der Waals surface area contributed by atoms with Crippen LogP contribution in [0.2, 0.25) is 0 Å². The summed E-state index contributed by atoms with van der Waals surface area (Å²) in [6.07, 6.45) is 1.32. The summed E-state index contributed by atoms with van der Waals surface area (Å²) in [6, 6.07) is 4.57. The third-order valence-electron chi connectivity index (χ3n) is 1.62. The number of nitrogens with zero attached hydrogens (tertiary/aromatic N) is 1. The van der Waals surface area contributed by atoms with E-state index < -0.39 is 9.05 Å². The standard InChI is InChI=1S/C7H4ClNO3S/c8-13(10,11)7-3-1-2-6-5(7)4-9-12-6/h1-4H. The molecule has 0 N–H and O–H groups in total. The van der Waals surface area contributed by atoms with Gasteiger partial charge in [-0.1, -0.05) is 11.2 Å². The summed E-state index contributed by atoms with van der Waals surface area (Å²) in [4.78, 5) is 0.0212. The van der Waals surface area contributed by atoms with E-state index in [2.05, 4.69) is 5.16 Å². The van der Waals surface area contributed by atoms with Crippen LogP contribution >= 0.6 is 10.7 Å². The number of benzene rings is 1. The number of rotatable bonds is 1. The van der Waals surface area contributed by atoms with Crippen molar-refractivity contribution in [3.63, 3.8) is 0 Å². The van der Waals surface area contributed by atoms with Crippen molar-refractivity contribution in [1.29, 1.82) is 0 Å². The number of aromatic nitrogens is 1. The van der Waals surface area contributed by atoms with E-state index in [0.29, 0.717) is 11.0 Å². The normalized spacial score (nSPS) is 12.1. The van der Waals surface area contributed by atoms with Crippen LogP contribution in [0.15, 0.2) is 33.8 Å². The number of halogens is 1. The third-order valence-corrected chi connectivity index (χ3v) is 3.00. The lowest BCUT2D eigenvalue weighted by molar-refractivity contribution is 0.456. The summed E-state index contributed by atoms with van der Waals surface area (Å²) in [5.74, 6) is 0. The van der Waals surface area contributed by atoms with Crippen molar-refractivity contribution in [2.24, 2.45) is 0 Å². The fourth-order valence-corrected chi connectivity index (χ4v) is 2.14. The molecular weight excluding hydrogens is 214 g/mol. The molecule has 0 aliphatic heterocycles. The van der Waals surface area contributed by atoms with Gasteiger partial charge in [0.15, 0.2) is 5.58 Å². The molecule has 13 heavy (non-hydrogen) atoms. The highest BCUT2D eigenvalue weighted by Crippen LogP contribution is 2.24. The molecule has 1 heterocycles. The maximum atomic E-state index is 11.0. The summed E-state index contributed by atoms with van der Waals surface area (Å²) in [7, 11) is 1.47. The minimum Gasteiger partial charge on any atom is -0.356 e. The fraction of sp³-hybridized carbons (Fsp3) is 0. The SMILES string of the molecule is O=S(=O)(Cl)c1cccc2oncc12. The molecule has 0 fully saturated rings. The Hall–Kier alpha value is -1.07. The fourth-order valence-electron chi connectivity index (χ4n) is 1.08. The molecule has 0 saturated carbocycles. The molecule has 2 rings (SSSR count). The van der Waals surface area contributed by atoms with Crippen molar-refractivity contribution < 1.29 is 12.9 Å². The van der Waals surface area contributed by atoms with Crippen LogP contribution < -0.4 is 0 Å². The Kier molecular flexibility index (Phi) is 1.78. The maximum Gasteiger partial charge on any atom is 0.262 e. The van der Waals surface area contributed by atoms with Crippen LogP contribution in [0.25, 0.3) is 11.0 Å². The largest absolute Gasteiger partial charge is 0.356 e. The highest BCUT2D eigenvalue weighted by molar-refractivity contribution is 8.14. The van der Waals surface area contributed by atoms with E-state index in [1.807, 2.05) is 0 Å². The van der Waals surface area contributed by atoms with E-state index in [0.717, 1.165) is 0 Å². The van der Waals surface area contributed by atoms with Crippen molar-refractivity contribution in [3.8, 4) is 0 Å². The van der Waals surface area contributed by atoms with E-state index >= 15 is 0 Å². The second-order valence-electron chi connectivity index (χ2n) is 2.43. The molecule has 0 spiro atoms. The van der Waals surface area contributed by atoms with Crippen LogP contribution in [0.3, 0.4) is 0 Å². The van der Waals surface area contributed by atoms with Gasteiger partial charge in [-0.25, -0.2) is 8.42 Å². The molecule has 0 unspecified atom stereocenters. The molecule has 1 aromatic heterocycles. The zero-order chi connectivity index (χ0) is 9.47. The highest BCUT2D eigenvalue weighted by Gasteiger charge is 2.15. The molecule has 4 nitrogen and oxygen atoms in total. The molecular formula is C7H4ClNO3S. The topological polar surface area (TPSA) is 60.2 Å². The second kappa shape index (κ2) is 2.71. The van der Waals surface area contributed by atoms with Crippen LogP contribution in [-0.4, -0.2) is 13.6 Å². The highest BCUT2D eigenvalue weighted by atomic mass is 35.7. The number of hydrogen-bond acceptors (Lipinski definition) is 4.